The minimum absolute atomic E-state index is 0.000234. The molecule has 3 fully saturated rings. The number of amides is 1. The molecule has 2 aliphatic carbocycles. The minimum atomic E-state index is -0.000234. The molecule has 1 aliphatic heterocycles. The van der Waals surface area contributed by atoms with Gasteiger partial charge in [0.1, 0.15) is 0 Å². The van der Waals surface area contributed by atoms with Crippen molar-refractivity contribution in [1.29, 1.82) is 0 Å². The molecule has 1 aromatic rings. The minimum Gasteiger partial charge on any atom is -0.379 e. The second kappa shape index (κ2) is 7.44. The summed E-state index contributed by atoms with van der Waals surface area (Å²) in [5.74, 6) is 1.16. The van der Waals surface area contributed by atoms with Crippen LogP contribution in [0.3, 0.4) is 0 Å². The highest BCUT2D eigenvalue weighted by Gasteiger charge is 2.49. The van der Waals surface area contributed by atoms with Gasteiger partial charge in [0.05, 0.1) is 19.1 Å². The number of carbonyl (C=O) groups is 1. The Bertz CT molecular complexity index is 595. The predicted molar refractivity (Wildman–Crippen MR) is 98.3 cm³/mol. The third kappa shape index (κ3) is 3.73. The van der Waals surface area contributed by atoms with Crippen molar-refractivity contribution >= 4 is 11.6 Å². The lowest BCUT2D eigenvalue weighted by Crippen LogP contribution is -2.42. The molecular formula is C20H29N3O2. The van der Waals surface area contributed by atoms with Crippen LogP contribution >= 0.6 is 0 Å². The van der Waals surface area contributed by atoms with Gasteiger partial charge in [-0.1, -0.05) is 12.1 Å². The molecule has 4 atom stereocenters. The van der Waals surface area contributed by atoms with E-state index in [0.717, 1.165) is 57.8 Å². The van der Waals surface area contributed by atoms with Crippen LogP contribution in [0.4, 0.5) is 5.69 Å². The van der Waals surface area contributed by atoms with Crippen LogP contribution < -0.4 is 11.1 Å². The van der Waals surface area contributed by atoms with E-state index in [4.69, 9.17) is 10.5 Å². The molecule has 1 amide bonds. The summed E-state index contributed by atoms with van der Waals surface area (Å²) in [5.41, 5.74) is 8.47. The van der Waals surface area contributed by atoms with Gasteiger partial charge in [0.25, 0.3) is 0 Å². The van der Waals surface area contributed by atoms with E-state index in [0.29, 0.717) is 11.8 Å². The van der Waals surface area contributed by atoms with Crippen LogP contribution in [-0.2, 0) is 16.0 Å². The average molecular weight is 343 g/mol. The molecule has 0 radical (unpaired) electrons. The lowest BCUT2D eigenvalue weighted by molar-refractivity contribution is -0.121. The third-order valence-electron chi connectivity index (χ3n) is 6.33. The first-order valence-corrected chi connectivity index (χ1v) is 9.66. The molecule has 4 unspecified atom stereocenters. The summed E-state index contributed by atoms with van der Waals surface area (Å²) in [6.07, 6.45) is 4.54. The zero-order chi connectivity index (χ0) is 17.2. The Morgan fingerprint density at radius 3 is 2.56 bits per heavy atom. The third-order valence-corrected chi connectivity index (χ3v) is 6.33. The van der Waals surface area contributed by atoms with Crippen molar-refractivity contribution < 1.29 is 9.53 Å². The normalized spacial score (nSPS) is 32.0. The Morgan fingerprint density at radius 1 is 1.16 bits per heavy atom. The fraction of sp³-hybridized carbons (Fsp3) is 0.650. The molecular weight excluding hydrogens is 314 g/mol. The van der Waals surface area contributed by atoms with Crippen molar-refractivity contribution in [3.63, 3.8) is 0 Å². The van der Waals surface area contributed by atoms with E-state index in [9.17, 15) is 4.79 Å². The zero-order valence-electron chi connectivity index (χ0n) is 14.8. The number of benzene rings is 1. The summed E-state index contributed by atoms with van der Waals surface area (Å²) in [6.45, 7) is 4.80. The van der Waals surface area contributed by atoms with Crippen molar-refractivity contribution in [3.05, 3.63) is 29.8 Å². The number of rotatable bonds is 5. The Balaban J connectivity index is 1.29. The number of fused-ring (bicyclic) bond motifs is 2. The van der Waals surface area contributed by atoms with Crippen molar-refractivity contribution in [2.75, 3.05) is 38.2 Å². The second-order valence-corrected chi connectivity index (χ2v) is 7.83. The smallest absolute Gasteiger partial charge is 0.229 e. The van der Waals surface area contributed by atoms with Crippen LogP contribution in [0.2, 0.25) is 0 Å². The van der Waals surface area contributed by atoms with Crippen LogP contribution in [0.5, 0.6) is 0 Å². The molecule has 0 aromatic heterocycles. The van der Waals surface area contributed by atoms with Gasteiger partial charge in [0.2, 0.25) is 5.91 Å². The molecule has 3 N–H and O–H groups in total. The van der Waals surface area contributed by atoms with Crippen LogP contribution in [0.1, 0.15) is 24.8 Å². The molecule has 5 heteroatoms. The molecule has 1 saturated heterocycles. The molecule has 0 spiro atoms. The molecule has 136 valence electrons. The van der Waals surface area contributed by atoms with Crippen molar-refractivity contribution in [1.82, 2.24) is 4.90 Å². The molecule has 4 rings (SSSR count). The molecule has 2 saturated carbocycles. The zero-order valence-corrected chi connectivity index (χ0v) is 14.8. The summed E-state index contributed by atoms with van der Waals surface area (Å²) in [6, 6.07) is 8.33. The number of morpholine rings is 1. The maximum Gasteiger partial charge on any atom is 0.229 e. The first-order chi connectivity index (χ1) is 12.2. The maximum atomic E-state index is 12.6. The fourth-order valence-corrected chi connectivity index (χ4v) is 4.82. The molecule has 1 aromatic carbocycles. The number of hydrogen-bond acceptors (Lipinski definition) is 4. The van der Waals surface area contributed by atoms with E-state index in [2.05, 4.69) is 22.3 Å². The monoisotopic (exact) mass is 343 g/mol. The molecule has 2 bridgehead atoms. The standard InChI is InChI=1S/C20H29N3O2/c21-19-16-4-3-15(13-16)18(19)20(24)22-17-5-1-14(2-6-17)7-8-23-9-11-25-12-10-23/h1-2,5-6,15-16,18-19H,3-4,7-13,21H2,(H,22,24). The first kappa shape index (κ1) is 17.0. The Hall–Kier alpha value is -1.43. The molecule has 25 heavy (non-hydrogen) atoms. The summed E-state index contributed by atoms with van der Waals surface area (Å²) >= 11 is 0. The quantitative estimate of drug-likeness (QED) is 0.856. The molecule has 1 heterocycles. The van der Waals surface area contributed by atoms with Crippen LogP contribution in [0, 0.1) is 17.8 Å². The number of ether oxygens (including phenoxy) is 1. The number of nitrogens with one attached hydrogen (secondary N) is 1. The van der Waals surface area contributed by atoms with Gasteiger partial charge in [-0.3, -0.25) is 9.69 Å². The van der Waals surface area contributed by atoms with Gasteiger partial charge in [-0.05, 0) is 55.2 Å². The van der Waals surface area contributed by atoms with Gasteiger partial charge in [-0.2, -0.15) is 0 Å². The topological polar surface area (TPSA) is 67.6 Å². The van der Waals surface area contributed by atoms with Gasteiger partial charge in [-0.25, -0.2) is 0 Å². The Labute approximate surface area is 149 Å². The van der Waals surface area contributed by atoms with Crippen molar-refractivity contribution in [2.45, 2.75) is 31.7 Å². The highest BCUT2D eigenvalue weighted by Crippen LogP contribution is 2.47. The summed E-state index contributed by atoms with van der Waals surface area (Å²) in [5, 5.41) is 3.09. The van der Waals surface area contributed by atoms with Gasteiger partial charge in [-0.15, -0.1) is 0 Å². The summed E-state index contributed by atoms with van der Waals surface area (Å²) in [4.78, 5) is 15.1. The van der Waals surface area contributed by atoms with Gasteiger partial charge in [0, 0.05) is 31.4 Å². The Kier molecular flexibility index (Phi) is 5.06. The lowest BCUT2D eigenvalue weighted by atomic mass is 9.84. The van der Waals surface area contributed by atoms with Gasteiger partial charge < -0.3 is 15.8 Å². The predicted octanol–water partition coefficient (Wildman–Crippen LogP) is 1.87. The first-order valence-electron chi connectivity index (χ1n) is 9.66. The van der Waals surface area contributed by atoms with Crippen LogP contribution in [-0.4, -0.2) is 49.7 Å². The van der Waals surface area contributed by atoms with E-state index >= 15 is 0 Å². The van der Waals surface area contributed by atoms with Crippen molar-refractivity contribution in [3.8, 4) is 0 Å². The largest absolute Gasteiger partial charge is 0.379 e. The average Bonchev–Trinajstić information content (AvgIpc) is 3.23. The maximum absolute atomic E-state index is 12.6. The Morgan fingerprint density at radius 2 is 1.88 bits per heavy atom. The number of nitrogens with two attached hydrogens (primary N) is 1. The van der Waals surface area contributed by atoms with E-state index in [1.54, 1.807) is 0 Å². The van der Waals surface area contributed by atoms with Gasteiger partial charge in [0.15, 0.2) is 0 Å². The number of anilines is 1. The number of nitrogens with zero attached hydrogens (tertiary/aromatic N) is 1. The fourth-order valence-electron chi connectivity index (χ4n) is 4.82. The highest BCUT2D eigenvalue weighted by atomic mass is 16.5. The SMILES string of the molecule is NC1C2CCC(C2)C1C(=O)Nc1ccc(CCN2CCOCC2)cc1. The van der Waals surface area contributed by atoms with Crippen molar-refractivity contribution in [2.24, 2.45) is 23.5 Å². The van der Waals surface area contributed by atoms with E-state index < -0.39 is 0 Å². The summed E-state index contributed by atoms with van der Waals surface area (Å²) in [7, 11) is 0. The van der Waals surface area contributed by atoms with E-state index in [-0.39, 0.29) is 17.9 Å². The highest BCUT2D eigenvalue weighted by molar-refractivity contribution is 5.93. The number of hydrogen-bond donors (Lipinski definition) is 2. The second-order valence-electron chi connectivity index (χ2n) is 7.83. The molecule has 3 aliphatic rings. The van der Waals surface area contributed by atoms with Crippen LogP contribution in [0.15, 0.2) is 24.3 Å². The molecule has 5 nitrogen and oxygen atoms in total. The van der Waals surface area contributed by atoms with Gasteiger partial charge >= 0.3 is 0 Å². The lowest BCUT2D eigenvalue weighted by Gasteiger charge is -2.27. The van der Waals surface area contributed by atoms with E-state index in [1.807, 2.05) is 12.1 Å². The van der Waals surface area contributed by atoms with E-state index in [1.165, 1.54) is 12.0 Å². The number of carbonyl (C=O) groups excluding carboxylic acids is 1. The summed E-state index contributed by atoms with van der Waals surface area (Å²) < 4.78 is 5.38. The van der Waals surface area contributed by atoms with Crippen LogP contribution in [0.25, 0.3) is 0 Å².